The maximum absolute atomic E-state index is 13.9. The standard InChI is InChI=1S/C37H63N5O10Si/c1-22-19-24(52-53(15,16)37(12,13)14)20-23(2)25(22)21-27(29(44)45)39-28(43)26(17-18-38-31(46)49-34(3,4)5)40-30(41-32(47)50-35(6,7)8)42-33(48)51-36(9,10)11/h19-20,26-27H,17-18,21H2,1-16H3,(H,38,46)(H,39,43)(H,44,45)(H2,40,41,42,47,48). The molecule has 1 rings (SSSR count). The third-order valence-electron chi connectivity index (χ3n) is 7.78. The number of aliphatic carboxylic acids is 1. The molecule has 2 unspecified atom stereocenters. The van der Waals surface area contributed by atoms with Gasteiger partial charge in [0, 0.05) is 13.0 Å². The normalized spacial score (nSPS) is 13.4. The summed E-state index contributed by atoms with van der Waals surface area (Å²) in [4.78, 5) is 68.6. The number of hydrogen-bond acceptors (Lipinski definition) is 10. The highest BCUT2D eigenvalue weighted by Crippen LogP contribution is 2.38. The highest BCUT2D eigenvalue weighted by atomic mass is 28.4. The molecular formula is C37H63N5O10Si. The van der Waals surface area contributed by atoms with E-state index in [1.165, 1.54) is 0 Å². The van der Waals surface area contributed by atoms with Gasteiger partial charge < -0.3 is 34.4 Å². The van der Waals surface area contributed by atoms with Crippen molar-refractivity contribution in [1.29, 1.82) is 0 Å². The number of ether oxygens (including phenoxy) is 3. The van der Waals surface area contributed by atoms with Crippen LogP contribution in [0.4, 0.5) is 14.4 Å². The van der Waals surface area contributed by atoms with Gasteiger partial charge >= 0.3 is 24.2 Å². The molecule has 0 bridgehead atoms. The molecule has 300 valence electrons. The van der Waals surface area contributed by atoms with E-state index in [1.54, 1.807) is 62.3 Å². The Morgan fingerprint density at radius 2 is 1.19 bits per heavy atom. The predicted octanol–water partition coefficient (Wildman–Crippen LogP) is 6.49. The van der Waals surface area contributed by atoms with Crippen molar-refractivity contribution >= 4 is 44.4 Å². The summed E-state index contributed by atoms with van der Waals surface area (Å²) < 4.78 is 22.4. The quantitative estimate of drug-likeness (QED) is 0.0717. The number of nitrogens with zero attached hydrogens (tertiary/aromatic N) is 1. The van der Waals surface area contributed by atoms with Gasteiger partial charge in [-0.1, -0.05) is 20.8 Å². The Morgan fingerprint density at radius 3 is 1.58 bits per heavy atom. The molecule has 0 radical (unpaired) electrons. The number of carbonyl (C=O) groups excluding carboxylic acids is 4. The largest absolute Gasteiger partial charge is 0.543 e. The summed E-state index contributed by atoms with van der Waals surface area (Å²) >= 11 is 0. The van der Waals surface area contributed by atoms with Crippen LogP contribution >= 0.6 is 0 Å². The van der Waals surface area contributed by atoms with Gasteiger partial charge in [-0.15, -0.1) is 0 Å². The Bertz CT molecular complexity index is 1460. The van der Waals surface area contributed by atoms with E-state index in [4.69, 9.17) is 18.6 Å². The number of amides is 4. The second-order valence-electron chi connectivity index (χ2n) is 17.5. The SMILES string of the molecule is Cc1cc(O[Si](C)(C)C(C)(C)C)cc(C)c1CC(NC(=O)C(CCNC(=O)OC(C)(C)C)N=C(NC(=O)OC(C)(C)C)NC(=O)OC(C)(C)C)C(=O)O. The number of rotatable bonds is 11. The first-order chi connectivity index (χ1) is 23.8. The zero-order valence-electron chi connectivity index (χ0n) is 34.5. The minimum absolute atomic E-state index is 0.0294. The average Bonchev–Trinajstić information content (AvgIpc) is 2.89. The van der Waals surface area contributed by atoms with Crippen LogP contribution in [0.3, 0.4) is 0 Å². The van der Waals surface area contributed by atoms with E-state index in [0.717, 1.165) is 11.1 Å². The molecular weight excluding hydrogens is 703 g/mol. The molecule has 0 fully saturated rings. The Kier molecular flexibility index (Phi) is 16.0. The van der Waals surface area contributed by atoms with E-state index in [1.807, 2.05) is 26.0 Å². The highest BCUT2D eigenvalue weighted by molar-refractivity contribution is 6.74. The molecule has 1 aromatic carbocycles. The fourth-order valence-corrected chi connectivity index (χ4v) is 5.40. The van der Waals surface area contributed by atoms with Crippen molar-refractivity contribution in [2.24, 2.45) is 4.99 Å². The Balaban J connectivity index is 3.54. The predicted molar refractivity (Wildman–Crippen MR) is 206 cm³/mol. The molecule has 0 heterocycles. The molecule has 0 aliphatic carbocycles. The zero-order valence-corrected chi connectivity index (χ0v) is 35.5. The average molecular weight is 766 g/mol. The Hall–Kier alpha value is -4.34. The number of hydrogen-bond donors (Lipinski definition) is 5. The van der Waals surface area contributed by atoms with Gasteiger partial charge in [0.05, 0.1) is 0 Å². The third-order valence-corrected chi connectivity index (χ3v) is 12.1. The van der Waals surface area contributed by atoms with Crippen molar-refractivity contribution in [3.05, 3.63) is 28.8 Å². The summed E-state index contributed by atoms with van der Waals surface area (Å²) in [5.74, 6) is -1.96. The Morgan fingerprint density at radius 1 is 0.755 bits per heavy atom. The number of aryl methyl sites for hydroxylation is 2. The number of carbonyl (C=O) groups is 5. The first kappa shape index (κ1) is 46.7. The lowest BCUT2D eigenvalue weighted by Crippen LogP contribution is -2.50. The van der Waals surface area contributed by atoms with E-state index < -0.39 is 73.3 Å². The van der Waals surface area contributed by atoms with Crippen molar-refractivity contribution < 1.29 is 47.7 Å². The van der Waals surface area contributed by atoms with Crippen LogP contribution < -0.4 is 25.7 Å². The highest BCUT2D eigenvalue weighted by Gasteiger charge is 2.39. The van der Waals surface area contributed by atoms with E-state index in [-0.39, 0.29) is 24.4 Å². The smallest absolute Gasteiger partial charge is 0.414 e. The van der Waals surface area contributed by atoms with Gasteiger partial charge in [-0.3, -0.25) is 15.4 Å². The van der Waals surface area contributed by atoms with Crippen molar-refractivity contribution in [2.45, 2.75) is 157 Å². The van der Waals surface area contributed by atoms with Crippen LogP contribution in [0.15, 0.2) is 17.1 Å². The molecule has 0 spiro atoms. The van der Waals surface area contributed by atoms with Crippen LogP contribution in [-0.2, 0) is 30.2 Å². The second kappa shape index (κ2) is 18.1. The molecule has 53 heavy (non-hydrogen) atoms. The molecule has 2 atom stereocenters. The topological polar surface area (TPSA) is 203 Å². The van der Waals surface area contributed by atoms with Crippen molar-refractivity contribution in [2.75, 3.05) is 6.54 Å². The van der Waals surface area contributed by atoms with Crippen LogP contribution in [0.5, 0.6) is 5.75 Å². The molecule has 4 amide bonds. The van der Waals surface area contributed by atoms with E-state index in [9.17, 15) is 29.1 Å². The molecule has 0 aromatic heterocycles. The molecule has 15 nitrogen and oxygen atoms in total. The van der Waals surface area contributed by atoms with Gasteiger partial charge in [0.15, 0.2) is 0 Å². The lowest BCUT2D eigenvalue weighted by molar-refractivity contribution is -0.142. The molecule has 0 aliphatic heterocycles. The monoisotopic (exact) mass is 765 g/mol. The molecule has 0 saturated carbocycles. The number of guanidine groups is 1. The zero-order chi connectivity index (χ0) is 41.3. The van der Waals surface area contributed by atoms with E-state index in [2.05, 4.69) is 60.1 Å². The third kappa shape index (κ3) is 17.8. The number of carboxylic acid groups (broad SMARTS) is 1. The first-order valence-corrected chi connectivity index (χ1v) is 20.6. The minimum atomic E-state index is -2.15. The molecule has 1 aromatic rings. The van der Waals surface area contributed by atoms with Crippen molar-refractivity contribution in [3.8, 4) is 5.75 Å². The van der Waals surface area contributed by atoms with Crippen molar-refractivity contribution in [1.82, 2.24) is 21.3 Å². The lowest BCUT2D eigenvalue weighted by Gasteiger charge is -2.36. The number of aliphatic imine (C=N–C) groups is 1. The van der Waals surface area contributed by atoms with Gasteiger partial charge in [0.1, 0.15) is 34.6 Å². The van der Waals surface area contributed by atoms with Gasteiger partial charge in [-0.2, -0.15) is 0 Å². The molecule has 16 heteroatoms. The molecule has 0 saturated heterocycles. The number of benzene rings is 1. The number of nitrogens with one attached hydrogen (secondary N) is 4. The maximum Gasteiger partial charge on any atom is 0.414 e. The number of alkyl carbamates (subject to hydrolysis) is 3. The van der Waals surface area contributed by atoms with Crippen LogP contribution in [0, 0.1) is 13.8 Å². The van der Waals surface area contributed by atoms with E-state index in [0.29, 0.717) is 11.3 Å². The van der Waals surface area contributed by atoms with Gasteiger partial charge in [-0.25, -0.2) is 24.2 Å². The van der Waals surface area contributed by atoms with Crippen LogP contribution in [0.2, 0.25) is 18.1 Å². The van der Waals surface area contributed by atoms with Crippen molar-refractivity contribution in [3.63, 3.8) is 0 Å². The molecule has 0 aliphatic rings. The fraction of sp³-hybridized carbons (Fsp3) is 0.676. The number of carboxylic acids is 1. The summed E-state index contributed by atoms with van der Waals surface area (Å²) in [6, 6.07) is 0.908. The maximum atomic E-state index is 13.9. The van der Waals surface area contributed by atoms with Gasteiger partial charge in [0.25, 0.3) is 0 Å². The summed E-state index contributed by atoms with van der Waals surface area (Å²) in [5.41, 5.74) is -0.335. The van der Waals surface area contributed by atoms with E-state index >= 15 is 0 Å². The summed E-state index contributed by atoms with van der Waals surface area (Å²) in [7, 11) is -2.15. The van der Waals surface area contributed by atoms with Crippen LogP contribution in [-0.4, -0.2) is 85.0 Å². The van der Waals surface area contributed by atoms with Gasteiger partial charge in [0.2, 0.25) is 20.2 Å². The van der Waals surface area contributed by atoms with Gasteiger partial charge in [-0.05, 0) is 130 Å². The minimum Gasteiger partial charge on any atom is -0.543 e. The Labute approximate surface area is 315 Å². The summed E-state index contributed by atoms with van der Waals surface area (Å²) in [6.07, 6.45) is -2.99. The van der Waals surface area contributed by atoms with Crippen LogP contribution in [0.1, 0.15) is 106 Å². The first-order valence-electron chi connectivity index (χ1n) is 17.7. The fourth-order valence-electron chi connectivity index (χ4n) is 4.39. The van der Waals surface area contributed by atoms with Crippen LogP contribution in [0.25, 0.3) is 0 Å². The lowest BCUT2D eigenvalue weighted by atomic mass is 9.95. The second-order valence-corrected chi connectivity index (χ2v) is 22.2. The summed E-state index contributed by atoms with van der Waals surface area (Å²) in [6.45, 7) is 29.1. The summed E-state index contributed by atoms with van der Waals surface area (Å²) in [5, 5.41) is 20.0. The molecule has 5 N–H and O–H groups in total.